The predicted molar refractivity (Wildman–Crippen MR) is 76.1 cm³/mol. The fraction of sp³-hybridized carbons (Fsp3) is 0.600. The Balaban J connectivity index is 1.88. The first kappa shape index (κ1) is 13.4. The second-order valence-electron chi connectivity index (χ2n) is 6.11. The van der Waals surface area contributed by atoms with Crippen molar-refractivity contribution < 1.29 is 5.11 Å². The number of rotatable bonds is 4. The van der Waals surface area contributed by atoms with E-state index in [9.17, 15) is 5.11 Å². The minimum absolute atomic E-state index is 0.0594. The van der Waals surface area contributed by atoms with Crippen LogP contribution in [0.4, 0.5) is 5.69 Å². The summed E-state index contributed by atoms with van der Waals surface area (Å²) in [6.45, 7) is 8.72. The lowest BCUT2D eigenvalue weighted by atomic mass is 10.1. The van der Waals surface area contributed by atoms with Crippen molar-refractivity contribution in [3.63, 3.8) is 0 Å². The van der Waals surface area contributed by atoms with Gasteiger partial charge in [-0.1, -0.05) is 18.2 Å². The molecule has 0 radical (unpaired) electrons. The lowest BCUT2D eigenvalue weighted by Gasteiger charge is -2.26. The number of para-hydroxylation sites is 1. The first-order valence-electron chi connectivity index (χ1n) is 6.72. The number of fused-ring (bicyclic) bond motifs is 1. The number of aliphatic hydroxyl groups is 1. The number of anilines is 1. The fourth-order valence-electron chi connectivity index (χ4n) is 2.34. The van der Waals surface area contributed by atoms with Crippen LogP contribution in [0.3, 0.4) is 0 Å². The van der Waals surface area contributed by atoms with Gasteiger partial charge in [0.1, 0.15) is 0 Å². The van der Waals surface area contributed by atoms with Gasteiger partial charge in [-0.3, -0.25) is 0 Å². The van der Waals surface area contributed by atoms with Crippen molar-refractivity contribution in [1.29, 1.82) is 0 Å². The maximum absolute atomic E-state index is 10.1. The summed E-state index contributed by atoms with van der Waals surface area (Å²) in [5, 5.41) is 13.4. The maximum Gasteiger partial charge on any atom is 0.0839 e. The van der Waals surface area contributed by atoms with Crippen LogP contribution in [0, 0.1) is 0 Å². The molecule has 0 amide bonds. The van der Waals surface area contributed by atoms with Crippen LogP contribution in [0.25, 0.3) is 0 Å². The summed E-state index contributed by atoms with van der Waals surface area (Å²) in [5.74, 6) is 0. The fourth-order valence-corrected chi connectivity index (χ4v) is 2.34. The van der Waals surface area contributed by atoms with E-state index in [1.807, 2.05) is 0 Å². The van der Waals surface area contributed by atoms with E-state index in [4.69, 9.17) is 0 Å². The van der Waals surface area contributed by atoms with Gasteiger partial charge in [0.15, 0.2) is 0 Å². The van der Waals surface area contributed by atoms with Gasteiger partial charge in [-0.2, -0.15) is 0 Å². The Morgan fingerprint density at radius 2 is 2.06 bits per heavy atom. The van der Waals surface area contributed by atoms with Crippen molar-refractivity contribution in [2.45, 2.75) is 38.8 Å². The molecule has 0 spiro atoms. The van der Waals surface area contributed by atoms with Crippen LogP contribution in [-0.2, 0) is 6.42 Å². The Morgan fingerprint density at radius 1 is 1.33 bits per heavy atom. The van der Waals surface area contributed by atoms with Gasteiger partial charge in [0.25, 0.3) is 0 Å². The molecule has 1 aromatic rings. The molecule has 1 aliphatic rings. The molecular formula is C15H24N2O. The highest BCUT2D eigenvalue weighted by Crippen LogP contribution is 2.27. The Bertz CT molecular complexity index is 398. The maximum atomic E-state index is 10.1. The third-order valence-electron chi connectivity index (χ3n) is 3.28. The van der Waals surface area contributed by atoms with E-state index in [1.54, 1.807) is 0 Å². The van der Waals surface area contributed by atoms with Crippen molar-refractivity contribution in [3.8, 4) is 0 Å². The highest BCUT2D eigenvalue weighted by Gasteiger charge is 2.21. The molecular weight excluding hydrogens is 224 g/mol. The van der Waals surface area contributed by atoms with Crippen molar-refractivity contribution in [2.24, 2.45) is 0 Å². The number of nitrogens with zero attached hydrogens (tertiary/aromatic N) is 1. The summed E-state index contributed by atoms with van der Waals surface area (Å²) in [6, 6.07) is 8.47. The topological polar surface area (TPSA) is 35.5 Å². The molecule has 0 bridgehead atoms. The van der Waals surface area contributed by atoms with Crippen molar-refractivity contribution >= 4 is 5.69 Å². The quantitative estimate of drug-likeness (QED) is 0.853. The van der Waals surface area contributed by atoms with Gasteiger partial charge in [0.05, 0.1) is 6.10 Å². The van der Waals surface area contributed by atoms with Gasteiger partial charge in [0.2, 0.25) is 0 Å². The molecule has 1 unspecified atom stereocenters. The van der Waals surface area contributed by atoms with Crippen molar-refractivity contribution in [1.82, 2.24) is 5.32 Å². The second-order valence-corrected chi connectivity index (χ2v) is 6.11. The van der Waals surface area contributed by atoms with Gasteiger partial charge in [-0.15, -0.1) is 0 Å². The van der Waals surface area contributed by atoms with E-state index >= 15 is 0 Å². The number of aliphatic hydroxyl groups excluding tert-OH is 1. The normalized spacial score (nSPS) is 16.8. The molecule has 1 aromatic carbocycles. The molecule has 2 N–H and O–H groups in total. The highest BCUT2D eigenvalue weighted by molar-refractivity contribution is 5.57. The zero-order valence-corrected chi connectivity index (χ0v) is 11.6. The number of hydrogen-bond donors (Lipinski definition) is 2. The third kappa shape index (κ3) is 3.47. The summed E-state index contributed by atoms with van der Waals surface area (Å²) in [7, 11) is 0. The first-order valence-corrected chi connectivity index (χ1v) is 6.72. The minimum Gasteiger partial charge on any atom is -0.390 e. The Hall–Kier alpha value is -1.06. The molecule has 2 rings (SSSR count). The summed E-state index contributed by atoms with van der Waals surface area (Å²) >= 11 is 0. The smallest absolute Gasteiger partial charge is 0.0839 e. The predicted octanol–water partition coefficient (Wildman–Crippen LogP) is 1.80. The minimum atomic E-state index is -0.324. The van der Waals surface area contributed by atoms with Gasteiger partial charge in [0, 0.05) is 30.9 Å². The molecule has 3 nitrogen and oxygen atoms in total. The largest absolute Gasteiger partial charge is 0.390 e. The molecule has 18 heavy (non-hydrogen) atoms. The average molecular weight is 248 g/mol. The van der Waals surface area contributed by atoms with E-state index in [2.05, 4.69) is 55.3 Å². The Labute approximate surface area is 110 Å². The van der Waals surface area contributed by atoms with E-state index in [0.29, 0.717) is 13.1 Å². The summed E-state index contributed by atoms with van der Waals surface area (Å²) in [4.78, 5) is 2.28. The highest BCUT2D eigenvalue weighted by atomic mass is 16.3. The molecule has 0 saturated heterocycles. The Kier molecular flexibility index (Phi) is 3.93. The summed E-state index contributed by atoms with van der Waals surface area (Å²) < 4.78 is 0. The zero-order valence-electron chi connectivity index (χ0n) is 11.6. The van der Waals surface area contributed by atoms with E-state index in [0.717, 1.165) is 13.0 Å². The molecule has 1 aliphatic heterocycles. The van der Waals surface area contributed by atoms with Crippen molar-refractivity contribution in [2.75, 3.05) is 24.5 Å². The van der Waals surface area contributed by atoms with Crippen LogP contribution < -0.4 is 10.2 Å². The van der Waals surface area contributed by atoms with Gasteiger partial charge < -0.3 is 15.3 Å². The van der Waals surface area contributed by atoms with Crippen LogP contribution in [0.1, 0.15) is 26.3 Å². The van der Waals surface area contributed by atoms with Crippen molar-refractivity contribution in [3.05, 3.63) is 29.8 Å². The first-order chi connectivity index (χ1) is 8.46. The molecule has 1 heterocycles. The van der Waals surface area contributed by atoms with E-state index < -0.39 is 0 Å². The molecule has 100 valence electrons. The molecule has 0 saturated carbocycles. The van der Waals surface area contributed by atoms with Gasteiger partial charge >= 0.3 is 0 Å². The summed E-state index contributed by atoms with van der Waals surface area (Å²) in [5.41, 5.74) is 2.74. The van der Waals surface area contributed by atoms with Crippen LogP contribution in [0.2, 0.25) is 0 Å². The number of hydrogen-bond acceptors (Lipinski definition) is 3. The monoisotopic (exact) mass is 248 g/mol. The van der Waals surface area contributed by atoms with Crippen LogP contribution >= 0.6 is 0 Å². The Morgan fingerprint density at radius 3 is 2.78 bits per heavy atom. The summed E-state index contributed by atoms with van der Waals surface area (Å²) in [6.07, 6.45) is 0.769. The molecule has 0 fully saturated rings. The van der Waals surface area contributed by atoms with E-state index in [-0.39, 0.29) is 11.6 Å². The average Bonchev–Trinajstić information content (AvgIpc) is 2.70. The third-order valence-corrected chi connectivity index (χ3v) is 3.28. The molecule has 0 aromatic heterocycles. The standard InChI is InChI=1S/C15H24N2O/c1-15(2,3)16-10-13(18)11-17-9-8-12-6-4-5-7-14(12)17/h4-7,13,16,18H,8-11H2,1-3H3. The van der Waals surface area contributed by atoms with Crippen LogP contribution in [0.15, 0.2) is 24.3 Å². The van der Waals surface area contributed by atoms with Crippen LogP contribution in [-0.4, -0.2) is 36.4 Å². The zero-order chi connectivity index (χ0) is 13.2. The lowest BCUT2D eigenvalue weighted by Crippen LogP contribution is -2.44. The lowest BCUT2D eigenvalue weighted by molar-refractivity contribution is 0.166. The van der Waals surface area contributed by atoms with Gasteiger partial charge in [-0.25, -0.2) is 0 Å². The SMILES string of the molecule is CC(C)(C)NCC(O)CN1CCc2ccccc21. The number of nitrogens with one attached hydrogen (secondary N) is 1. The van der Waals surface area contributed by atoms with Crippen LogP contribution in [0.5, 0.6) is 0 Å². The molecule has 3 heteroatoms. The van der Waals surface area contributed by atoms with E-state index in [1.165, 1.54) is 11.3 Å². The molecule has 0 aliphatic carbocycles. The molecule has 1 atom stereocenters. The second kappa shape index (κ2) is 5.29. The number of β-amino-alcohol motifs (C(OH)–C–C–N with tert-alkyl or cyclic N) is 1. The van der Waals surface area contributed by atoms with Gasteiger partial charge in [-0.05, 0) is 38.8 Å². The number of benzene rings is 1.